The third-order valence-corrected chi connectivity index (χ3v) is 7.60. The van der Waals surface area contributed by atoms with E-state index in [4.69, 9.17) is 21.0 Å². The standard InChI is InChI=1S/C35H37N3O6/c1-6-9-11-24-19-20-37(22-23(24)4)33(39)29-21-25(34(40)41)13-18-28(29)31-30(12-10-7-2)38(36-32(31)35(42)44-8-3)26-14-16-27(43-5)17-15-26/h1,9,11,13-18,21H,7-8,10,12,19-20,22H2,2-5H3,(H,40,41)/b11-9-. The van der Waals surface area contributed by atoms with E-state index in [0.29, 0.717) is 54.2 Å². The minimum atomic E-state index is -1.16. The van der Waals surface area contributed by atoms with Crippen molar-refractivity contribution < 1.29 is 29.0 Å². The number of nitrogens with zero attached hydrogens (tertiary/aromatic N) is 3. The van der Waals surface area contributed by atoms with Crippen molar-refractivity contribution in [2.24, 2.45) is 0 Å². The summed E-state index contributed by atoms with van der Waals surface area (Å²) in [7, 11) is 1.58. The van der Waals surface area contributed by atoms with Crippen molar-refractivity contribution in [2.75, 3.05) is 26.8 Å². The summed E-state index contributed by atoms with van der Waals surface area (Å²) in [6, 6.07) is 11.7. The number of esters is 1. The van der Waals surface area contributed by atoms with Gasteiger partial charge in [0.2, 0.25) is 0 Å². The van der Waals surface area contributed by atoms with Gasteiger partial charge in [0.15, 0.2) is 5.69 Å². The van der Waals surface area contributed by atoms with Crippen LogP contribution >= 0.6 is 0 Å². The molecule has 0 atom stereocenters. The SMILES string of the molecule is C#C/C=C\C1=C(C)CN(C(=O)c2cc(C(=O)O)ccc2-c2c(C(=O)OCC)nn(-c3ccc(OC)cc3)c2CCCC)CC1. The molecule has 0 unspecified atom stereocenters. The molecule has 44 heavy (non-hydrogen) atoms. The number of hydrogen-bond acceptors (Lipinski definition) is 6. The first-order valence-electron chi connectivity index (χ1n) is 14.7. The van der Waals surface area contributed by atoms with Gasteiger partial charge in [0.1, 0.15) is 5.75 Å². The Morgan fingerprint density at radius 1 is 1.14 bits per heavy atom. The normalized spacial score (nSPS) is 13.2. The quantitative estimate of drug-likeness (QED) is 0.210. The molecule has 9 nitrogen and oxygen atoms in total. The van der Waals surface area contributed by atoms with Crippen LogP contribution in [0.15, 0.2) is 65.8 Å². The number of allylic oxidation sites excluding steroid dienone is 2. The Balaban J connectivity index is 1.95. The number of ether oxygens (including phenoxy) is 2. The van der Waals surface area contributed by atoms with E-state index in [1.807, 2.05) is 25.1 Å². The molecular weight excluding hydrogens is 558 g/mol. The summed E-state index contributed by atoms with van der Waals surface area (Å²) in [5, 5.41) is 14.6. The van der Waals surface area contributed by atoms with E-state index in [1.165, 1.54) is 12.1 Å². The summed E-state index contributed by atoms with van der Waals surface area (Å²) in [5.74, 6) is 1.04. The number of terminal acetylenes is 1. The number of carboxylic acids is 1. The smallest absolute Gasteiger partial charge is 0.359 e. The highest BCUT2D eigenvalue weighted by Gasteiger charge is 2.31. The van der Waals surface area contributed by atoms with Crippen molar-refractivity contribution in [2.45, 2.75) is 46.5 Å². The van der Waals surface area contributed by atoms with Gasteiger partial charge in [-0.1, -0.05) is 37.0 Å². The third kappa shape index (κ3) is 6.76. The molecule has 3 aromatic rings. The van der Waals surface area contributed by atoms with Crippen molar-refractivity contribution in [1.29, 1.82) is 0 Å². The van der Waals surface area contributed by atoms with Gasteiger partial charge in [-0.25, -0.2) is 14.3 Å². The number of rotatable bonds is 11. The van der Waals surface area contributed by atoms with Crippen molar-refractivity contribution >= 4 is 17.8 Å². The fourth-order valence-corrected chi connectivity index (χ4v) is 5.32. The zero-order chi connectivity index (χ0) is 31.8. The summed E-state index contributed by atoms with van der Waals surface area (Å²) < 4.78 is 12.4. The third-order valence-electron chi connectivity index (χ3n) is 7.60. The Kier molecular flexibility index (Phi) is 10.4. The zero-order valence-corrected chi connectivity index (χ0v) is 25.6. The van der Waals surface area contributed by atoms with E-state index in [2.05, 4.69) is 12.8 Å². The van der Waals surface area contributed by atoms with Gasteiger partial charge in [0.05, 0.1) is 30.7 Å². The number of benzene rings is 2. The van der Waals surface area contributed by atoms with Crippen LogP contribution in [0.25, 0.3) is 16.8 Å². The van der Waals surface area contributed by atoms with Crippen LogP contribution < -0.4 is 4.74 Å². The molecule has 2 heterocycles. The van der Waals surface area contributed by atoms with Gasteiger partial charge in [-0.15, -0.1) is 6.42 Å². The number of carbonyl (C=O) groups is 3. The first-order chi connectivity index (χ1) is 21.2. The maximum atomic E-state index is 14.2. The van der Waals surface area contributed by atoms with Gasteiger partial charge in [0, 0.05) is 24.2 Å². The van der Waals surface area contributed by atoms with Crippen LogP contribution in [0.1, 0.15) is 76.9 Å². The lowest BCUT2D eigenvalue weighted by Crippen LogP contribution is -2.37. The van der Waals surface area contributed by atoms with Gasteiger partial charge >= 0.3 is 11.9 Å². The highest BCUT2D eigenvalue weighted by Crippen LogP contribution is 2.36. The van der Waals surface area contributed by atoms with E-state index < -0.39 is 11.9 Å². The number of amides is 1. The molecule has 1 aliphatic heterocycles. The molecule has 0 fully saturated rings. The summed E-state index contributed by atoms with van der Waals surface area (Å²) in [5.41, 5.74) is 4.56. The topological polar surface area (TPSA) is 111 Å². The fraction of sp³-hybridized carbons (Fsp3) is 0.314. The lowest BCUT2D eigenvalue weighted by molar-refractivity contribution is 0.0518. The Morgan fingerprint density at radius 2 is 1.89 bits per heavy atom. The number of methoxy groups -OCH3 is 1. The van der Waals surface area contributed by atoms with Crippen LogP contribution in [0.5, 0.6) is 5.75 Å². The molecule has 4 rings (SSSR count). The Labute approximate surface area is 257 Å². The predicted octanol–water partition coefficient (Wildman–Crippen LogP) is 6.12. The molecule has 0 saturated heterocycles. The second-order valence-corrected chi connectivity index (χ2v) is 10.5. The van der Waals surface area contributed by atoms with Crippen LogP contribution in [-0.2, 0) is 11.2 Å². The minimum Gasteiger partial charge on any atom is -0.497 e. The van der Waals surface area contributed by atoms with E-state index in [1.54, 1.807) is 47.9 Å². The van der Waals surface area contributed by atoms with Crippen molar-refractivity contribution in [3.05, 3.63) is 88.3 Å². The van der Waals surface area contributed by atoms with Crippen LogP contribution in [-0.4, -0.2) is 64.4 Å². The number of unbranched alkanes of at least 4 members (excludes halogenated alkanes) is 1. The molecule has 0 radical (unpaired) electrons. The lowest BCUT2D eigenvalue weighted by atomic mass is 9.92. The largest absolute Gasteiger partial charge is 0.497 e. The molecule has 2 aromatic carbocycles. The average molecular weight is 596 g/mol. The number of aromatic nitrogens is 2. The molecule has 1 aromatic heterocycles. The maximum absolute atomic E-state index is 14.2. The van der Waals surface area contributed by atoms with Crippen molar-refractivity contribution in [3.63, 3.8) is 0 Å². The van der Waals surface area contributed by atoms with Crippen molar-refractivity contribution in [1.82, 2.24) is 14.7 Å². The number of carboxylic acid groups (broad SMARTS) is 1. The molecule has 1 aliphatic rings. The van der Waals surface area contributed by atoms with Gasteiger partial charge < -0.3 is 19.5 Å². The van der Waals surface area contributed by atoms with E-state index in [-0.39, 0.29) is 29.3 Å². The second-order valence-electron chi connectivity index (χ2n) is 10.5. The minimum absolute atomic E-state index is 0.0330. The van der Waals surface area contributed by atoms with Crippen LogP contribution in [0.3, 0.4) is 0 Å². The molecule has 9 heteroatoms. The van der Waals surface area contributed by atoms with Crippen LogP contribution in [0, 0.1) is 12.3 Å². The lowest BCUT2D eigenvalue weighted by Gasteiger charge is -2.30. The van der Waals surface area contributed by atoms with E-state index in [0.717, 1.165) is 24.0 Å². The fourth-order valence-electron chi connectivity index (χ4n) is 5.32. The molecule has 1 amide bonds. The first-order valence-corrected chi connectivity index (χ1v) is 14.7. The Morgan fingerprint density at radius 3 is 2.50 bits per heavy atom. The zero-order valence-electron chi connectivity index (χ0n) is 25.6. The van der Waals surface area contributed by atoms with Crippen LogP contribution in [0.4, 0.5) is 0 Å². The molecular formula is C35H37N3O6. The number of hydrogen-bond donors (Lipinski definition) is 1. The highest BCUT2D eigenvalue weighted by molar-refractivity contribution is 6.06. The molecule has 0 aliphatic carbocycles. The van der Waals surface area contributed by atoms with E-state index in [9.17, 15) is 19.5 Å². The Hall–Kier alpha value is -5.10. The van der Waals surface area contributed by atoms with Crippen molar-refractivity contribution in [3.8, 4) is 34.9 Å². The van der Waals surface area contributed by atoms with Crippen LogP contribution in [0.2, 0.25) is 0 Å². The monoisotopic (exact) mass is 595 g/mol. The molecule has 1 N–H and O–H groups in total. The van der Waals surface area contributed by atoms with Gasteiger partial charge in [0.25, 0.3) is 5.91 Å². The maximum Gasteiger partial charge on any atom is 0.359 e. The molecule has 0 bridgehead atoms. The average Bonchev–Trinajstić information content (AvgIpc) is 3.41. The first kappa shape index (κ1) is 31.8. The molecule has 0 saturated carbocycles. The van der Waals surface area contributed by atoms with Gasteiger partial charge in [-0.2, -0.15) is 5.10 Å². The number of carbonyl (C=O) groups excluding carboxylic acids is 2. The van der Waals surface area contributed by atoms with Gasteiger partial charge in [-0.3, -0.25) is 4.79 Å². The van der Waals surface area contributed by atoms with E-state index >= 15 is 0 Å². The summed E-state index contributed by atoms with van der Waals surface area (Å²) in [6.07, 6.45) is 11.7. The predicted molar refractivity (Wildman–Crippen MR) is 168 cm³/mol. The summed E-state index contributed by atoms with van der Waals surface area (Å²) in [4.78, 5) is 41.4. The molecule has 228 valence electrons. The van der Waals surface area contributed by atoms with Gasteiger partial charge in [-0.05, 0) is 86.7 Å². The second kappa shape index (κ2) is 14.4. The number of aromatic carboxylic acids is 1. The summed E-state index contributed by atoms with van der Waals surface area (Å²) in [6.45, 7) is 6.65. The Bertz CT molecular complexity index is 1660. The molecule has 0 spiro atoms. The highest BCUT2D eigenvalue weighted by atomic mass is 16.5. The summed E-state index contributed by atoms with van der Waals surface area (Å²) >= 11 is 0.